The molecule has 8 nitrogen and oxygen atoms in total. The molecule has 1 rings (SSSR count). The molecule has 150 valence electrons. The van der Waals surface area contributed by atoms with Gasteiger partial charge in [0.15, 0.2) is 6.10 Å². The molecule has 9 heteroatoms. The van der Waals surface area contributed by atoms with Crippen molar-refractivity contribution >= 4 is 23.6 Å². The number of rotatable bonds is 7. The highest BCUT2D eigenvalue weighted by Gasteiger charge is 2.37. The summed E-state index contributed by atoms with van der Waals surface area (Å²) in [5.74, 6) is 0.123. The van der Waals surface area contributed by atoms with E-state index in [-0.39, 0.29) is 11.3 Å². The summed E-state index contributed by atoms with van der Waals surface area (Å²) in [6, 6.07) is -0.747. The largest absolute Gasteiger partial charge is 0.387 e. The number of thioether (sulfide) groups is 1. The zero-order valence-corrected chi connectivity index (χ0v) is 16.5. The second kappa shape index (κ2) is 10.3. The Morgan fingerprint density at radius 1 is 1.35 bits per heavy atom. The minimum Gasteiger partial charge on any atom is -0.387 e. The fourth-order valence-electron chi connectivity index (χ4n) is 2.29. The number of hydrogen-bond acceptors (Lipinski definition) is 7. The van der Waals surface area contributed by atoms with Crippen LogP contribution in [-0.2, 0) is 14.3 Å². The van der Waals surface area contributed by atoms with Crippen LogP contribution in [0.1, 0.15) is 20.8 Å². The van der Waals surface area contributed by atoms with Crippen LogP contribution in [0.25, 0.3) is 0 Å². The van der Waals surface area contributed by atoms with Gasteiger partial charge in [0.1, 0.15) is 24.4 Å². The Morgan fingerprint density at radius 2 is 2.00 bits per heavy atom. The van der Waals surface area contributed by atoms with E-state index in [9.17, 15) is 24.9 Å². The first kappa shape index (κ1) is 22.9. The fourth-order valence-corrected chi connectivity index (χ4v) is 3.17. The smallest absolute Gasteiger partial charge is 0.252 e. The third kappa shape index (κ3) is 7.24. The molecule has 1 heterocycles. The lowest BCUT2D eigenvalue weighted by atomic mass is 9.94. The van der Waals surface area contributed by atoms with Gasteiger partial charge in [0, 0.05) is 25.2 Å². The number of carbonyl (C=O) groups is 2. The van der Waals surface area contributed by atoms with Gasteiger partial charge in [-0.05, 0) is 5.41 Å². The number of amides is 2. The number of nitrogens with one attached hydrogen (secondary N) is 2. The van der Waals surface area contributed by atoms with Crippen molar-refractivity contribution in [2.45, 2.75) is 51.2 Å². The van der Waals surface area contributed by atoms with Crippen molar-refractivity contribution in [2.24, 2.45) is 5.41 Å². The van der Waals surface area contributed by atoms with Crippen molar-refractivity contribution < 1.29 is 29.6 Å². The van der Waals surface area contributed by atoms with Crippen molar-refractivity contribution in [3.05, 3.63) is 12.2 Å². The molecule has 0 aromatic rings. The SMILES string of the molecule is COC(C(=O)NC1CSCCNC1=O)[C@H](O)[C@@H](O)[C@H](O)/C=C/C(C)(C)C. The Morgan fingerprint density at radius 3 is 2.58 bits per heavy atom. The summed E-state index contributed by atoms with van der Waals surface area (Å²) in [4.78, 5) is 24.3. The number of aliphatic hydroxyl groups is 3. The third-order valence-corrected chi connectivity index (χ3v) is 4.84. The van der Waals surface area contributed by atoms with E-state index in [1.165, 1.54) is 24.9 Å². The minimum atomic E-state index is -1.67. The van der Waals surface area contributed by atoms with Crippen LogP contribution in [0.2, 0.25) is 0 Å². The third-order valence-electron chi connectivity index (χ3n) is 3.78. The van der Waals surface area contributed by atoms with E-state index in [4.69, 9.17) is 4.74 Å². The number of methoxy groups -OCH3 is 1. The van der Waals surface area contributed by atoms with Crippen LogP contribution in [0.15, 0.2) is 12.2 Å². The number of aliphatic hydroxyl groups excluding tert-OH is 3. The van der Waals surface area contributed by atoms with Gasteiger partial charge in [0.05, 0.1) is 0 Å². The van der Waals surface area contributed by atoms with Gasteiger partial charge in [0.2, 0.25) is 5.91 Å². The lowest BCUT2D eigenvalue weighted by Crippen LogP contribution is -2.56. The van der Waals surface area contributed by atoms with Gasteiger partial charge in [-0.2, -0.15) is 11.8 Å². The topological polar surface area (TPSA) is 128 Å². The Bertz CT molecular complexity index is 508. The van der Waals surface area contributed by atoms with Crippen LogP contribution >= 0.6 is 11.8 Å². The summed E-state index contributed by atoms with van der Waals surface area (Å²) >= 11 is 1.52. The highest BCUT2D eigenvalue weighted by molar-refractivity contribution is 7.99. The maximum atomic E-state index is 12.4. The number of hydrogen-bond donors (Lipinski definition) is 5. The van der Waals surface area contributed by atoms with Crippen molar-refractivity contribution in [2.75, 3.05) is 25.2 Å². The molecular formula is C17H30N2O6S. The van der Waals surface area contributed by atoms with Crippen molar-refractivity contribution in [3.8, 4) is 0 Å². The van der Waals surface area contributed by atoms with Gasteiger partial charge < -0.3 is 30.7 Å². The van der Waals surface area contributed by atoms with E-state index in [0.717, 1.165) is 5.75 Å². The van der Waals surface area contributed by atoms with Crippen molar-refractivity contribution in [1.82, 2.24) is 10.6 Å². The average molecular weight is 391 g/mol. The van der Waals surface area contributed by atoms with Gasteiger partial charge in [-0.15, -0.1) is 0 Å². The highest BCUT2D eigenvalue weighted by Crippen LogP contribution is 2.17. The number of carbonyl (C=O) groups excluding carboxylic acids is 2. The quantitative estimate of drug-likeness (QED) is 0.354. The van der Waals surface area contributed by atoms with Crippen LogP contribution in [0.3, 0.4) is 0 Å². The van der Waals surface area contributed by atoms with Gasteiger partial charge in [-0.25, -0.2) is 0 Å². The van der Waals surface area contributed by atoms with E-state index in [1.54, 1.807) is 6.08 Å². The molecule has 1 aliphatic heterocycles. The lowest BCUT2D eigenvalue weighted by Gasteiger charge is -2.28. The molecule has 1 saturated heterocycles. The molecule has 0 bridgehead atoms. The summed E-state index contributed by atoms with van der Waals surface area (Å²) in [7, 11) is 1.21. The maximum Gasteiger partial charge on any atom is 0.252 e. The predicted molar refractivity (Wildman–Crippen MR) is 99.7 cm³/mol. The van der Waals surface area contributed by atoms with Crippen LogP contribution < -0.4 is 10.6 Å². The normalized spacial score (nSPS) is 23.7. The highest BCUT2D eigenvalue weighted by atomic mass is 32.2. The molecule has 0 aromatic heterocycles. The molecule has 0 saturated carbocycles. The summed E-state index contributed by atoms with van der Waals surface area (Å²) < 4.78 is 5.00. The summed E-state index contributed by atoms with van der Waals surface area (Å²) in [6.45, 7) is 6.28. The molecular weight excluding hydrogens is 360 g/mol. The van der Waals surface area contributed by atoms with E-state index in [1.807, 2.05) is 20.8 Å². The molecule has 0 aliphatic carbocycles. The van der Waals surface area contributed by atoms with Gasteiger partial charge in [-0.1, -0.05) is 32.9 Å². The first-order valence-corrected chi connectivity index (χ1v) is 9.64. The summed E-state index contributed by atoms with van der Waals surface area (Å²) in [5, 5.41) is 35.6. The van der Waals surface area contributed by atoms with Crippen LogP contribution in [-0.4, -0.2) is 82.8 Å². The first-order chi connectivity index (χ1) is 12.1. The first-order valence-electron chi connectivity index (χ1n) is 8.49. The standard InChI is InChI=1S/C17H30N2O6S/c1-17(2,3)6-5-11(20)12(21)13(22)14(25-4)16(24)19-10-9-26-8-7-18-15(10)23/h5-6,10-14,20-22H,7-9H2,1-4H3,(H,18,23)(H,19,24)/b6-5+/t10?,11-,12+,13-,14?/m1/s1. The Hall–Kier alpha value is -1.13. The Balaban J connectivity index is 2.73. The van der Waals surface area contributed by atoms with Gasteiger partial charge in [0.25, 0.3) is 5.91 Å². The second-order valence-corrected chi connectivity index (χ2v) is 8.43. The molecule has 0 radical (unpaired) electrons. The predicted octanol–water partition coefficient (Wildman–Crippen LogP) is -0.966. The second-order valence-electron chi connectivity index (χ2n) is 7.28. The van der Waals surface area contributed by atoms with E-state index in [0.29, 0.717) is 12.3 Å². The lowest BCUT2D eigenvalue weighted by molar-refractivity contribution is -0.150. The molecule has 5 N–H and O–H groups in total. The van der Waals surface area contributed by atoms with Gasteiger partial charge in [-0.3, -0.25) is 9.59 Å². The van der Waals surface area contributed by atoms with E-state index in [2.05, 4.69) is 10.6 Å². The van der Waals surface area contributed by atoms with E-state index < -0.39 is 36.4 Å². The molecule has 1 aliphatic rings. The average Bonchev–Trinajstić information content (AvgIpc) is 2.76. The Labute approximate surface area is 158 Å². The summed E-state index contributed by atoms with van der Waals surface area (Å²) in [5.41, 5.74) is -0.214. The molecule has 5 atom stereocenters. The zero-order valence-electron chi connectivity index (χ0n) is 15.6. The van der Waals surface area contributed by atoms with E-state index >= 15 is 0 Å². The molecule has 0 spiro atoms. The van der Waals surface area contributed by atoms with Crippen molar-refractivity contribution in [1.29, 1.82) is 0 Å². The molecule has 2 amide bonds. The Kier molecular flexibility index (Phi) is 9.05. The van der Waals surface area contributed by atoms with Crippen LogP contribution in [0.4, 0.5) is 0 Å². The zero-order chi connectivity index (χ0) is 19.9. The molecule has 26 heavy (non-hydrogen) atoms. The monoisotopic (exact) mass is 390 g/mol. The maximum absolute atomic E-state index is 12.4. The number of ether oxygens (including phenoxy) is 1. The van der Waals surface area contributed by atoms with Crippen LogP contribution in [0, 0.1) is 5.41 Å². The molecule has 1 fully saturated rings. The fraction of sp³-hybridized carbons (Fsp3) is 0.765. The summed E-state index contributed by atoms with van der Waals surface area (Å²) in [6.07, 6.45) is -3.02. The number of allylic oxidation sites excluding steroid dienone is 1. The molecule has 0 aromatic carbocycles. The van der Waals surface area contributed by atoms with Crippen LogP contribution in [0.5, 0.6) is 0 Å². The van der Waals surface area contributed by atoms with Crippen molar-refractivity contribution in [3.63, 3.8) is 0 Å². The minimum absolute atomic E-state index is 0.214. The molecule has 2 unspecified atom stereocenters. The van der Waals surface area contributed by atoms with Gasteiger partial charge >= 0.3 is 0 Å².